The number of aliphatic hydroxyl groups is 2. The van der Waals surface area contributed by atoms with E-state index in [-0.39, 0.29) is 5.82 Å². The Labute approximate surface area is 179 Å². The van der Waals surface area contributed by atoms with Crippen LogP contribution in [0.1, 0.15) is 6.23 Å². The molecule has 0 unspecified atom stereocenters. The maximum atomic E-state index is 10.6. The molecule has 30 heavy (non-hydrogen) atoms. The minimum atomic E-state index is -1.12. The SMILES string of the molecule is Nc1ncnc2c1ncn2[C@@H]1O[C@H](CSc2nc(-c3ccccc3)cs2)[C@@H](O)[C@H]1O. The highest BCUT2D eigenvalue weighted by molar-refractivity contribution is 8.01. The van der Waals surface area contributed by atoms with Crippen molar-refractivity contribution < 1.29 is 14.9 Å². The Bertz CT molecular complexity index is 1170. The summed E-state index contributed by atoms with van der Waals surface area (Å²) in [5.74, 6) is 0.692. The summed E-state index contributed by atoms with van der Waals surface area (Å²) in [6.07, 6.45) is -0.753. The monoisotopic (exact) mass is 442 g/mol. The van der Waals surface area contributed by atoms with Crippen molar-refractivity contribution in [1.82, 2.24) is 24.5 Å². The van der Waals surface area contributed by atoms with Gasteiger partial charge >= 0.3 is 0 Å². The number of imidazole rings is 1. The van der Waals surface area contributed by atoms with E-state index in [0.717, 1.165) is 15.6 Å². The predicted octanol–water partition coefficient (Wildman–Crippen LogP) is 1.94. The average molecular weight is 443 g/mol. The molecule has 1 aromatic carbocycles. The van der Waals surface area contributed by atoms with Gasteiger partial charge in [-0.25, -0.2) is 19.9 Å². The summed E-state index contributed by atoms with van der Waals surface area (Å²) in [4.78, 5) is 16.9. The van der Waals surface area contributed by atoms with Crippen molar-refractivity contribution in [2.24, 2.45) is 0 Å². The second-order valence-electron chi connectivity index (χ2n) is 6.80. The number of hydrogen-bond acceptors (Lipinski definition) is 10. The summed E-state index contributed by atoms with van der Waals surface area (Å²) in [5, 5.41) is 23.1. The van der Waals surface area contributed by atoms with Crippen LogP contribution in [0.2, 0.25) is 0 Å². The number of thioether (sulfide) groups is 1. The minimum Gasteiger partial charge on any atom is -0.387 e. The van der Waals surface area contributed by atoms with Crippen LogP contribution >= 0.6 is 23.1 Å². The van der Waals surface area contributed by atoms with Gasteiger partial charge in [0.15, 0.2) is 22.0 Å². The number of aliphatic hydroxyl groups excluding tert-OH is 2. The van der Waals surface area contributed by atoms with Crippen molar-refractivity contribution in [2.45, 2.75) is 28.9 Å². The zero-order valence-electron chi connectivity index (χ0n) is 15.6. The molecule has 0 bridgehead atoms. The largest absolute Gasteiger partial charge is 0.387 e. The fourth-order valence-electron chi connectivity index (χ4n) is 3.37. The van der Waals surface area contributed by atoms with E-state index in [1.54, 1.807) is 4.57 Å². The van der Waals surface area contributed by atoms with E-state index in [1.165, 1.54) is 35.8 Å². The van der Waals surface area contributed by atoms with Gasteiger partial charge in [-0.2, -0.15) is 0 Å². The van der Waals surface area contributed by atoms with Crippen molar-refractivity contribution in [1.29, 1.82) is 0 Å². The quantitative estimate of drug-likeness (QED) is 0.397. The molecule has 1 fully saturated rings. The van der Waals surface area contributed by atoms with Gasteiger partial charge in [0, 0.05) is 16.7 Å². The van der Waals surface area contributed by atoms with Crippen LogP contribution in [0.4, 0.5) is 5.82 Å². The van der Waals surface area contributed by atoms with E-state index in [0.29, 0.717) is 16.9 Å². The van der Waals surface area contributed by atoms with Gasteiger partial charge in [0.25, 0.3) is 0 Å². The lowest BCUT2D eigenvalue weighted by Crippen LogP contribution is -2.32. The van der Waals surface area contributed by atoms with Crippen molar-refractivity contribution in [3.63, 3.8) is 0 Å². The van der Waals surface area contributed by atoms with Gasteiger partial charge < -0.3 is 20.7 Å². The average Bonchev–Trinajstić information content (AvgIpc) is 3.47. The number of nitrogens with two attached hydrogens (primary N) is 1. The summed E-state index contributed by atoms with van der Waals surface area (Å²) in [6.45, 7) is 0. The van der Waals surface area contributed by atoms with Crippen LogP contribution in [0.15, 0.2) is 52.7 Å². The lowest BCUT2D eigenvalue weighted by molar-refractivity contribution is -0.0289. The minimum absolute atomic E-state index is 0.247. The third-order valence-electron chi connectivity index (χ3n) is 4.92. The van der Waals surface area contributed by atoms with Gasteiger partial charge in [0.05, 0.1) is 18.1 Å². The molecule has 3 aromatic heterocycles. The number of ether oxygens (including phenoxy) is 1. The first-order valence-electron chi connectivity index (χ1n) is 9.20. The third-order valence-corrected chi connectivity index (χ3v) is 7.03. The van der Waals surface area contributed by atoms with Crippen LogP contribution in [-0.4, -0.2) is 58.8 Å². The number of benzene rings is 1. The molecule has 4 N–H and O–H groups in total. The van der Waals surface area contributed by atoms with Crippen LogP contribution in [0.3, 0.4) is 0 Å². The molecule has 9 nitrogen and oxygen atoms in total. The molecule has 11 heteroatoms. The maximum absolute atomic E-state index is 10.6. The zero-order valence-corrected chi connectivity index (χ0v) is 17.2. The normalized spacial score (nSPS) is 23.9. The molecule has 1 aliphatic rings. The Morgan fingerprint density at radius 2 is 1.97 bits per heavy atom. The Morgan fingerprint density at radius 3 is 2.80 bits per heavy atom. The zero-order chi connectivity index (χ0) is 20.7. The van der Waals surface area contributed by atoms with Crippen molar-refractivity contribution >= 4 is 40.1 Å². The summed E-state index contributed by atoms with van der Waals surface area (Å²) >= 11 is 3.02. The summed E-state index contributed by atoms with van der Waals surface area (Å²) in [6, 6.07) is 9.95. The Morgan fingerprint density at radius 1 is 1.13 bits per heavy atom. The smallest absolute Gasteiger partial charge is 0.167 e. The first-order valence-corrected chi connectivity index (χ1v) is 11.1. The summed E-state index contributed by atoms with van der Waals surface area (Å²) in [7, 11) is 0. The highest BCUT2D eigenvalue weighted by atomic mass is 32.2. The molecule has 0 aliphatic carbocycles. The fraction of sp³-hybridized carbons (Fsp3) is 0.263. The Kier molecular flexibility index (Phi) is 5.13. The van der Waals surface area contributed by atoms with E-state index in [2.05, 4.69) is 19.9 Å². The molecule has 4 atom stereocenters. The van der Waals surface area contributed by atoms with Crippen molar-refractivity contribution in [3.05, 3.63) is 48.4 Å². The van der Waals surface area contributed by atoms with Crippen LogP contribution in [0.25, 0.3) is 22.4 Å². The van der Waals surface area contributed by atoms with E-state index >= 15 is 0 Å². The lowest BCUT2D eigenvalue weighted by atomic mass is 10.1. The van der Waals surface area contributed by atoms with Gasteiger partial charge in [-0.3, -0.25) is 4.57 Å². The standard InChI is InChI=1S/C19H18N6O3S2/c20-16-13-17(22-8-21-16)25(9-23-13)18-15(27)14(26)12(28-18)7-30-19-24-11(6-29-19)10-4-2-1-3-5-10/h1-6,8-9,12,14-15,18,26-27H,7H2,(H2,20,21,22)/t12-,14-,15-,18-/m1/s1. The van der Waals surface area contributed by atoms with Crippen LogP contribution < -0.4 is 5.73 Å². The van der Waals surface area contributed by atoms with Crippen molar-refractivity contribution in [3.8, 4) is 11.3 Å². The van der Waals surface area contributed by atoms with E-state index in [1.807, 2.05) is 35.7 Å². The number of fused-ring (bicyclic) bond motifs is 1. The Hall–Kier alpha value is -2.57. The van der Waals surface area contributed by atoms with Crippen molar-refractivity contribution in [2.75, 3.05) is 11.5 Å². The number of anilines is 1. The molecule has 5 rings (SSSR count). The van der Waals surface area contributed by atoms with Gasteiger partial charge in [0.1, 0.15) is 24.1 Å². The number of hydrogen-bond donors (Lipinski definition) is 3. The second-order valence-corrected chi connectivity index (χ2v) is 8.93. The first kappa shape index (κ1) is 19.4. The molecule has 1 saturated heterocycles. The molecular weight excluding hydrogens is 424 g/mol. The maximum Gasteiger partial charge on any atom is 0.167 e. The van der Waals surface area contributed by atoms with Gasteiger partial charge in [-0.1, -0.05) is 42.1 Å². The van der Waals surface area contributed by atoms with E-state index in [9.17, 15) is 10.2 Å². The van der Waals surface area contributed by atoms with E-state index < -0.39 is 24.5 Å². The highest BCUT2D eigenvalue weighted by Crippen LogP contribution is 2.35. The molecule has 4 heterocycles. The number of rotatable bonds is 5. The van der Waals surface area contributed by atoms with Crippen LogP contribution in [0.5, 0.6) is 0 Å². The summed E-state index contributed by atoms with van der Waals surface area (Å²) in [5.41, 5.74) is 8.67. The van der Waals surface area contributed by atoms with E-state index in [4.69, 9.17) is 10.5 Å². The van der Waals surface area contributed by atoms with Gasteiger partial charge in [-0.15, -0.1) is 11.3 Å². The number of nitrogen functional groups attached to an aromatic ring is 1. The topological polar surface area (TPSA) is 132 Å². The van der Waals surface area contributed by atoms with Crippen LogP contribution in [0, 0.1) is 0 Å². The Balaban J connectivity index is 1.30. The molecule has 0 saturated carbocycles. The second kappa shape index (κ2) is 7.93. The third kappa shape index (κ3) is 3.44. The molecule has 154 valence electrons. The lowest BCUT2D eigenvalue weighted by Gasteiger charge is -2.16. The highest BCUT2D eigenvalue weighted by Gasteiger charge is 2.44. The number of nitrogens with zero attached hydrogens (tertiary/aromatic N) is 5. The van der Waals surface area contributed by atoms with Gasteiger partial charge in [0.2, 0.25) is 0 Å². The first-order chi connectivity index (χ1) is 14.6. The molecular formula is C19H18N6O3S2. The predicted molar refractivity (Wildman–Crippen MR) is 114 cm³/mol. The molecule has 0 radical (unpaired) electrons. The molecule has 4 aromatic rings. The summed E-state index contributed by atoms with van der Waals surface area (Å²) < 4.78 is 8.41. The fourth-order valence-corrected chi connectivity index (χ4v) is 5.29. The number of thiazole rings is 1. The van der Waals surface area contributed by atoms with Gasteiger partial charge in [-0.05, 0) is 0 Å². The molecule has 0 amide bonds. The number of aromatic nitrogens is 5. The molecule has 1 aliphatic heterocycles. The van der Waals surface area contributed by atoms with Crippen LogP contribution in [-0.2, 0) is 4.74 Å². The molecule has 0 spiro atoms.